The Labute approximate surface area is 103 Å². The van der Waals surface area contributed by atoms with Crippen LogP contribution in [0.5, 0.6) is 0 Å². The van der Waals surface area contributed by atoms with E-state index in [1.165, 1.54) is 6.07 Å². The van der Waals surface area contributed by atoms with Crippen molar-refractivity contribution in [2.75, 3.05) is 13.2 Å². The van der Waals surface area contributed by atoms with Gasteiger partial charge in [-0.25, -0.2) is 8.78 Å². The Morgan fingerprint density at radius 2 is 1.89 bits per heavy atom. The van der Waals surface area contributed by atoms with Gasteiger partial charge in [-0.15, -0.1) is 0 Å². The molecule has 1 aromatic rings. The van der Waals surface area contributed by atoms with Gasteiger partial charge in [0, 0.05) is 6.42 Å². The van der Waals surface area contributed by atoms with Gasteiger partial charge in [0.05, 0.1) is 19.3 Å². The lowest BCUT2D eigenvalue weighted by molar-refractivity contribution is -0.122. The van der Waals surface area contributed by atoms with Crippen LogP contribution in [-0.2, 0) is 11.2 Å². The first-order valence-corrected chi connectivity index (χ1v) is 5.51. The highest BCUT2D eigenvalue weighted by Crippen LogP contribution is 2.10. The van der Waals surface area contributed by atoms with Crippen molar-refractivity contribution in [3.8, 4) is 0 Å². The Hall–Kier alpha value is -1.53. The number of aliphatic hydroxyl groups excluding tert-OH is 2. The molecular formula is C12H15F2NO3. The van der Waals surface area contributed by atoms with Crippen molar-refractivity contribution >= 4 is 5.91 Å². The first kappa shape index (κ1) is 14.5. The van der Waals surface area contributed by atoms with Gasteiger partial charge in [0.25, 0.3) is 0 Å². The quantitative estimate of drug-likeness (QED) is 0.691. The molecule has 1 rings (SSSR count). The molecule has 0 aromatic heterocycles. The van der Waals surface area contributed by atoms with E-state index in [0.717, 1.165) is 12.1 Å². The summed E-state index contributed by atoms with van der Waals surface area (Å²) in [6, 6.07) is 2.76. The summed E-state index contributed by atoms with van der Waals surface area (Å²) < 4.78 is 25.5. The van der Waals surface area contributed by atoms with Crippen LogP contribution >= 0.6 is 0 Å². The Bertz CT molecular complexity index is 408. The van der Waals surface area contributed by atoms with Crippen LogP contribution in [0.25, 0.3) is 0 Å². The van der Waals surface area contributed by atoms with Crippen molar-refractivity contribution in [3.63, 3.8) is 0 Å². The van der Waals surface area contributed by atoms with E-state index in [2.05, 4.69) is 5.32 Å². The predicted molar refractivity (Wildman–Crippen MR) is 60.8 cm³/mol. The molecule has 6 heteroatoms. The van der Waals surface area contributed by atoms with Gasteiger partial charge in [0.15, 0.2) is 11.6 Å². The fourth-order valence-corrected chi connectivity index (χ4v) is 1.40. The molecule has 0 aliphatic rings. The first-order chi connectivity index (χ1) is 8.56. The zero-order valence-corrected chi connectivity index (χ0v) is 9.70. The van der Waals surface area contributed by atoms with E-state index in [-0.39, 0.29) is 32.0 Å². The lowest BCUT2D eigenvalue weighted by Gasteiger charge is -2.13. The number of amides is 1. The molecule has 3 N–H and O–H groups in total. The lowest BCUT2D eigenvalue weighted by Crippen LogP contribution is -2.40. The van der Waals surface area contributed by atoms with Crippen molar-refractivity contribution in [1.29, 1.82) is 0 Å². The summed E-state index contributed by atoms with van der Waals surface area (Å²) in [5.41, 5.74) is 0.508. The molecular weight excluding hydrogens is 244 g/mol. The predicted octanol–water partition coefficient (Wildman–Crippen LogP) is 0.367. The second-order valence-electron chi connectivity index (χ2n) is 3.88. The first-order valence-electron chi connectivity index (χ1n) is 5.51. The number of nitrogens with one attached hydrogen (secondary N) is 1. The van der Waals surface area contributed by atoms with Crippen LogP contribution in [0.3, 0.4) is 0 Å². The van der Waals surface area contributed by atoms with E-state index < -0.39 is 17.7 Å². The molecule has 1 amide bonds. The number of benzene rings is 1. The molecule has 0 bridgehead atoms. The Kier molecular flexibility index (Phi) is 5.67. The highest BCUT2D eigenvalue weighted by Gasteiger charge is 2.10. The third kappa shape index (κ3) is 4.38. The third-order valence-electron chi connectivity index (χ3n) is 2.43. The summed E-state index contributed by atoms with van der Waals surface area (Å²) in [5, 5.41) is 19.9. The SMILES string of the molecule is O=C(CCc1ccc(F)c(F)c1)NC(CO)CO. The van der Waals surface area contributed by atoms with Crippen molar-refractivity contribution < 1.29 is 23.8 Å². The maximum atomic E-state index is 12.9. The number of aliphatic hydroxyl groups is 2. The zero-order chi connectivity index (χ0) is 13.5. The van der Waals surface area contributed by atoms with Crippen molar-refractivity contribution in [3.05, 3.63) is 35.4 Å². The van der Waals surface area contributed by atoms with E-state index in [9.17, 15) is 13.6 Å². The monoisotopic (exact) mass is 259 g/mol. The molecule has 18 heavy (non-hydrogen) atoms. The van der Waals surface area contributed by atoms with Crippen LogP contribution in [-0.4, -0.2) is 35.4 Å². The van der Waals surface area contributed by atoms with Crippen LogP contribution in [0, 0.1) is 11.6 Å². The molecule has 4 nitrogen and oxygen atoms in total. The summed E-state index contributed by atoms with van der Waals surface area (Å²) in [5.74, 6) is -2.24. The molecule has 0 atom stereocenters. The second kappa shape index (κ2) is 7.03. The third-order valence-corrected chi connectivity index (χ3v) is 2.43. The van der Waals surface area contributed by atoms with Crippen LogP contribution in [0.4, 0.5) is 8.78 Å². The minimum atomic E-state index is -0.948. The molecule has 0 aliphatic heterocycles. The molecule has 0 spiro atoms. The number of rotatable bonds is 6. The fraction of sp³-hybridized carbons (Fsp3) is 0.417. The van der Waals surface area contributed by atoms with Crippen LogP contribution in [0.1, 0.15) is 12.0 Å². The zero-order valence-electron chi connectivity index (χ0n) is 9.70. The number of hydrogen-bond donors (Lipinski definition) is 3. The number of carbonyl (C=O) groups is 1. The van der Waals surface area contributed by atoms with Gasteiger partial charge in [-0.3, -0.25) is 4.79 Å². The van der Waals surface area contributed by atoms with E-state index >= 15 is 0 Å². The topological polar surface area (TPSA) is 69.6 Å². The minimum Gasteiger partial charge on any atom is -0.394 e. The average molecular weight is 259 g/mol. The fourth-order valence-electron chi connectivity index (χ4n) is 1.40. The maximum absolute atomic E-state index is 12.9. The van der Waals surface area contributed by atoms with E-state index in [1.54, 1.807) is 0 Å². The number of halogens is 2. The van der Waals surface area contributed by atoms with Crippen molar-refractivity contribution in [1.82, 2.24) is 5.32 Å². The Morgan fingerprint density at radius 3 is 2.44 bits per heavy atom. The van der Waals surface area contributed by atoms with Gasteiger partial charge in [0.2, 0.25) is 5.91 Å². The number of carbonyl (C=O) groups excluding carboxylic acids is 1. The Balaban J connectivity index is 2.44. The van der Waals surface area contributed by atoms with Gasteiger partial charge in [0.1, 0.15) is 0 Å². The molecule has 0 aliphatic carbocycles. The van der Waals surface area contributed by atoms with Gasteiger partial charge >= 0.3 is 0 Å². The summed E-state index contributed by atoms with van der Waals surface area (Å²) in [7, 11) is 0. The molecule has 0 heterocycles. The highest BCUT2D eigenvalue weighted by molar-refractivity contribution is 5.76. The van der Waals surface area contributed by atoms with E-state index in [0.29, 0.717) is 5.56 Å². The maximum Gasteiger partial charge on any atom is 0.220 e. The highest BCUT2D eigenvalue weighted by atomic mass is 19.2. The summed E-state index contributed by atoms with van der Waals surface area (Å²) in [6.45, 7) is -0.708. The normalized spacial score (nSPS) is 10.7. The average Bonchev–Trinajstić information content (AvgIpc) is 2.37. The Morgan fingerprint density at radius 1 is 1.22 bits per heavy atom. The molecule has 0 unspecified atom stereocenters. The van der Waals surface area contributed by atoms with Crippen LogP contribution < -0.4 is 5.32 Å². The molecule has 100 valence electrons. The second-order valence-corrected chi connectivity index (χ2v) is 3.88. The molecule has 0 fully saturated rings. The molecule has 1 aromatic carbocycles. The molecule has 0 saturated carbocycles. The smallest absolute Gasteiger partial charge is 0.220 e. The summed E-state index contributed by atoms with van der Waals surface area (Å²) in [6.07, 6.45) is 0.328. The number of aryl methyl sites for hydroxylation is 1. The standard InChI is InChI=1S/C12H15F2NO3/c13-10-3-1-8(5-11(10)14)2-4-12(18)15-9(6-16)7-17/h1,3,5,9,16-17H,2,4,6-7H2,(H,15,18). The van der Waals surface area contributed by atoms with Crippen molar-refractivity contribution in [2.24, 2.45) is 0 Å². The van der Waals surface area contributed by atoms with Crippen LogP contribution in [0.2, 0.25) is 0 Å². The molecule has 0 radical (unpaired) electrons. The van der Waals surface area contributed by atoms with E-state index in [1.807, 2.05) is 0 Å². The summed E-state index contributed by atoms with van der Waals surface area (Å²) in [4.78, 5) is 11.4. The van der Waals surface area contributed by atoms with E-state index in [4.69, 9.17) is 10.2 Å². The van der Waals surface area contributed by atoms with Gasteiger partial charge in [-0.05, 0) is 24.1 Å². The van der Waals surface area contributed by atoms with Gasteiger partial charge in [-0.1, -0.05) is 6.07 Å². The summed E-state index contributed by atoms with van der Waals surface area (Å²) >= 11 is 0. The van der Waals surface area contributed by atoms with Crippen molar-refractivity contribution in [2.45, 2.75) is 18.9 Å². The number of hydrogen-bond acceptors (Lipinski definition) is 3. The lowest BCUT2D eigenvalue weighted by atomic mass is 10.1. The minimum absolute atomic E-state index is 0.0710. The van der Waals surface area contributed by atoms with Gasteiger partial charge in [-0.2, -0.15) is 0 Å². The molecule has 0 saturated heterocycles. The largest absolute Gasteiger partial charge is 0.394 e. The van der Waals surface area contributed by atoms with Crippen LogP contribution in [0.15, 0.2) is 18.2 Å². The van der Waals surface area contributed by atoms with Gasteiger partial charge < -0.3 is 15.5 Å².